The van der Waals surface area contributed by atoms with Crippen LogP contribution in [0.5, 0.6) is 0 Å². The first-order valence-electron chi connectivity index (χ1n) is 9.25. The van der Waals surface area contributed by atoms with Gasteiger partial charge >= 0.3 is 0 Å². The van der Waals surface area contributed by atoms with Crippen LogP contribution in [0.15, 0.2) is 42.6 Å². The molecule has 0 amide bonds. The molecule has 2 aromatic heterocycles. The molecule has 3 aromatic rings. The van der Waals surface area contributed by atoms with Gasteiger partial charge in [0.1, 0.15) is 5.69 Å². The molecule has 1 atom stereocenters. The van der Waals surface area contributed by atoms with Gasteiger partial charge in [-0.1, -0.05) is 29.5 Å². The summed E-state index contributed by atoms with van der Waals surface area (Å²) in [6.45, 7) is 3.68. The van der Waals surface area contributed by atoms with E-state index in [1.165, 1.54) is 36.4 Å². The Morgan fingerprint density at radius 3 is 2.50 bits per heavy atom. The molecule has 3 saturated heterocycles. The van der Waals surface area contributed by atoms with E-state index in [4.69, 9.17) is 0 Å². The van der Waals surface area contributed by atoms with Gasteiger partial charge in [-0.2, -0.15) is 0 Å². The number of nitrogens with zero attached hydrogens (tertiary/aromatic N) is 4. The first-order valence-corrected chi connectivity index (χ1v) is 10.1. The Kier molecular flexibility index (Phi) is 4.11. The highest BCUT2D eigenvalue weighted by Crippen LogP contribution is 2.37. The number of aromatic nitrogens is 3. The van der Waals surface area contributed by atoms with E-state index in [1.54, 1.807) is 11.3 Å². The second-order valence-electron chi connectivity index (χ2n) is 7.31. The minimum absolute atomic E-state index is 0.0820. The van der Waals surface area contributed by atoms with Crippen molar-refractivity contribution in [2.24, 2.45) is 5.92 Å². The summed E-state index contributed by atoms with van der Waals surface area (Å²) < 4.78 is 2.10. The average Bonchev–Trinajstić information content (AvgIpc) is 3.38. The lowest BCUT2D eigenvalue weighted by molar-refractivity contribution is 0.0504. The van der Waals surface area contributed by atoms with E-state index in [-0.39, 0.29) is 6.61 Å². The second kappa shape index (κ2) is 6.61. The van der Waals surface area contributed by atoms with E-state index in [1.807, 2.05) is 12.1 Å². The molecule has 6 rings (SSSR count). The van der Waals surface area contributed by atoms with Crippen molar-refractivity contribution in [1.82, 2.24) is 19.9 Å². The Morgan fingerprint density at radius 1 is 1.04 bits per heavy atom. The number of hydrogen-bond donors (Lipinski definition) is 1. The van der Waals surface area contributed by atoms with Gasteiger partial charge in [-0.3, -0.25) is 0 Å². The van der Waals surface area contributed by atoms with Crippen LogP contribution >= 0.6 is 11.3 Å². The van der Waals surface area contributed by atoms with Gasteiger partial charge < -0.3 is 10.0 Å². The number of benzene rings is 1. The van der Waals surface area contributed by atoms with Crippen molar-refractivity contribution < 1.29 is 5.11 Å². The molecule has 0 radical (unpaired) electrons. The van der Waals surface area contributed by atoms with Crippen LogP contribution in [-0.2, 0) is 6.61 Å². The molecule has 3 aliphatic rings. The quantitative estimate of drug-likeness (QED) is 0.769. The number of thiophene rings is 1. The maximum absolute atomic E-state index is 9.18. The van der Waals surface area contributed by atoms with Crippen LogP contribution < -0.4 is 0 Å². The Morgan fingerprint density at radius 2 is 1.81 bits per heavy atom. The normalized spacial score (nSPS) is 24.9. The highest BCUT2D eigenvalue weighted by Gasteiger charge is 2.35. The van der Waals surface area contributed by atoms with Crippen molar-refractivity contribution in [3.05, 3.63) is 48.2 Å². The maximum atomic E-state index is 9.18. The zero-order chi connectivity index (χ0) is 17.5. The van der Waals surface area contributed by atoms with Crippen LogP contribution in [0.4, 0.5) is 0 Å². The molecule has 5 nitrogen and oxygen atoms in total. The summed E-state index contributed by atoms with van der Waals surface area (Å²) in [4.78, 5) is 4.91. The minimum Gasteiger partial charge on any atom is -0.392 e. The average molecular weight is 366 g/mol. The predicted octanol–water partition coefficient (Wildman–Crippen LogP) is 3.43. The van der Waals surface area contributed by atoms with Gasteiger partial charge in [0.2, 0.25) is 0 Å². The maximum Gasteiger partial charge on any atom is 0.123 e. The zero-order valence-corrected chi connectivity index (χ0v) is 15.4. The van der Waals surface area contributed by atoms with Crippen molar-refractivity contribution in [2.75, 3.05) is 19.6 Å². The fourth-order valence-corrected chi connectivity index (χ4v) is 5.15. The van der Waals surface area contributed by atoms with Crippen molar-refractivity contribution in [3.8, 4) is 21.0 Å². The van der Waals surface area contributed by atoms with Crippen LogP contribution in [0.2, 0.25) is 0 Å². The van der Waals surface area contributed by atoms with E-state index in [0.29, 0.717) is 6.04 Å². The van der Waals surface area contributed by atoms with Gasteiger partial charge in [0.15, 0.2) is 0 Å². The molecular weight excluding hydrogens is 344 g/mol. The monoisotopic (exact) mass is 366 g/mol. The molecule has 26 heavy (non-hydrogen) atoms. The molecule has 1 aromatic carbocycles. The first kappa shape index (κ1) is 16.2. The fourth-order valence-electron chi connectivity index (χ4n) is 4.19. The number of fused-ring (bicyclic) bond motifs is 3. The van der Waals surface area contributed by atoms with Crippen molar-refractivity contribution >= 4 is 11.3 Å². The van der Waals surface area contributed by atoms with E-state index < -0.39 is 0 Å². The summed E-state index contributed by atoms with van der Waals surface area (Å²) in [6, 6.07) is 12.8. The van der Waals surface area contributed by atoms with Crippen molar-refractivity contribution in [2.45, 2.75) is 25.5 Å². The first-order chi connectivity index (χ1) is 12.8. The molecule has 0 saturated carbocycles. The Bertz CT molecular complexity index is 893. The molecule has 0 aliphatic carbocycles. The number of aliphatic hydroxyl groups is 1. The standard InChI is InChI=1S/C20H22N4OS/c25-13-14-1-3-16(4-2-14)19-5-6-20(26-19)17-11-24(22-21-17)18-12-23-9-7-15(18)8-10-23/h1-6,11,15,18,25H,7-10,12-13H2. The highest BCUT2D eigenvalue weighted by atomic mass is 32.1. The highest BCUT2D eigenvalue weighted by molar-refractivity contribution is 7.18. The number of aliphatic hydroxyl groups excluding tert-OH is 1. The molecule has 0 spiro atoms. The molecule has 3 aliphatic heterocycles. The summed E-state index contributed by atoms with van der Waals surface area (Å²) in [5.41, 5.74) is 3.07. The van der Waals surface area contributed by atoms with Gasteiger partial charge in [-0.05, 0) is 55.1 Å². The van der Waals surface area contributed by atoms with E-state index in [0.717, 1.165) is 28.6 Å². The zero-order valence-electron chi connectivity index (χ0n) is 14.6. The van der Waals surface area contributed by atoms with E-state index in [2.05, 4.69) is 50.4 Å². The third kappa shape index (κ3) is 2.88. The van der Waals surface area contributed by atoms with Crippen molar-refractivity contribution in [1.29, 1.82) is 0 Å². The molecule has 134 valence electrons. The predicted molar refractivity (Wildman–Crippen MR) is 103 cm³/mol. The summed E-state index contributed by atoms with van der Waals surface area (Å²) in [5, 5.41) is 18.1. The molecular formula is C20H22N4OS. The van der Waals surface area contributed by atoms with E-state index in [9.17, 15) is 5.11 Å². The van der Waals surface area contributed by atoms with Gasteiger partial charge in [0, 0.05) is 11.4 Å². The Labute approximate surface area is 156 Å². The van der Waals surface area contributed by atoms with Crippen LogP contribution in [0.1, 0.15) is 24.4 Å². The lowest BCUT2D eigenvalue weighted by Crippen LogP contribution is -2.48. The topological polar surface area (TPSA) is 54.2 Å². The number of hydrogen-bond acceptors (Lipinski definition) is 5. The number of piperidine rings is 3. The van der Waals surface area contributed by atoms with Gasteiger partial charge in [-0.15, -0.1) is 16.4 Å². The Hall–Kier alpha value is -2.02. The van der Waals surface area contributed by atoms with Gasteiger partial charge in [0.25, 0.3) is 0 Å². The van der Waals surface area contributed by atoms with Crippen LogP contribution in [0.25, 0.3) is 21.0 Å². The van der Waals surface area contributed by atoms with Gasteiger partial charge in [0.05, 0.1) is 23.7 Å². The fraction of sp³-hybridized carbons (Fsp3) is 0.400. The SMILES string of the molecule is OCc1ccc(-c2ccc(-c3cn(C4CN5CCC4CC5)nn3)s2)cc1. The minimum atomic E-state index is 0.0820. The summed E-state index contributed by atoms with van der Waals surface area (Å²) in [7, 11) is 0. The third-order valence-corrected chi connectivity index (χ3v) is 6.91. The molecule has 5 heterocycles. The largest absolute Gasteiger partial charge is 0.392 e. The third-order valence-electron chi connectivity index (χ3n) is 5.75. The molecule has 1 unspecified atom stereocenters. The van der Waals surface area contributed by atoms with E-state index >= 15 is 0 Å². The lowest BCUT2D eigenvalue weighted by atomic mass is 9.84. The smallest absolute Gasteiger partial charge is 0.123 e. The summed E-state index contributed by atoms with van der Waals surface area (Å²) >= 11 is 1.74. The van der Waals surface area contributed by atoms with Crippen LogP contribution in [-0.4, -0.2) is 44.6 Å². The molecule has 1 N–H and O–H groups in total. The molecule has 2 bridgehead atoms. The summed E-state index contributed by atoms with van der Waals surface area (Å²) in [6.07, 6.45) is 4.69. The Balaban J connectivity index is 1.37. The second-order valence-corrected chi connectivity index (χ2v) is 8.39. The van der Waals surface area contributed by atoms with Crippen LogP contribution in [0, 0.1) is 5.92 Å². The molecule has 3 fully saturated rings. The number of rotatable bonds is 4. The molecule has 6 heteroatoms. The van der Waals surface area contributed by atoms with Crippen molar-refractivity contribution in [3.63, 3.8) is 0 Å². The summed E-state index contributed by atoms with van der Waals surface area (Å²) in [5.74, 6) is 0.749. The van der Waals surface area contributed by atoms with Crippen LogP contribution in [0.3, 0.4) is 0 Å². The lowest BCUT2D eigenvalue weighted by Gasteiger charge is -2.44. The van der Waals surface area contributed by atoms with Gasteiger partial charge in [-0.25, -0.2) is 4.68 Å².